The summed E-state index contributed by atoms with van der Waals surface area (Å²) in [6.45, 7) is 3.34. The molecule has 1 nitrogen and oxygen atoms in total. The first-order valence-corrected chi connectivity index (χ1v) is 4.50. The molecule has 0 saturated carbocycles. The summed E-state index contributed by atoms with van der Waals surface area (Å²) in [5, 5.41) is 0. The zero-order valence-corrected chi connectivity index (χ0v) is 8.31. The van der Waals surface area contributed by atoms with Gasteiger partial charge in [-0.25, -0.2) is 4.39 Å². The van der Waals surface area contributed by atoms with Gasteiger partial charge in [0.05, 0.1) is 13.3 Å². The van der Waals surface area contributed by atoms with E-state index in [1.54, 1.807) is 6.92 Å². The Morgan fingerprint density at radius 3 is 2.71 bits per heavy atom. The Kier molecular flexibility index (Phi) is 3.86. The summed E-state index contributed by atoms with van der Waals surface area (Å²) in [5.74, 6) is 0.633. The number of ether oxygens (including phenoxy) is 1. The predicted octanol–water partition coefficient (Wildman–Crippen LogP) is 3.14. The fraction of sp³-hybridized carbons (Fsp3) is 0.364. The second kappa shape index (κ2) is 4.94. The first-order valence-electron chi connectivity index (χ1n) is 4.50. The average molecular weight is 199 g/mol. The van der Waals surface area contributed by atoms with E-state index in [-0.39, 0.29) is 5.82 Å². The van der Waals surface area contributed by atoms with Crippen molar-refractivity contribution in [3.05, 3.63) is 35.5 Å². The molecule has 0 spiro atoms. The van der Waals surface area contributed by atoms with E-state index in [1.807, 2.05) is 6.92 Å². The van der Waals surface area contributed by atoms with Gasteiger partial charge in [-0.15, -0.1) is 0 Å². The van der Waals surface area contributed by atoms with E-state index in [4.69, 9.17) is 4.74 Å². The molecular weight excluding hydrogens is 186 g/mol. The van der Waals surface area contributed by atoms with Gasteiger partial charge < -0.3 is 4.74 Å². The summed E-state index contributed by atoms with van der Waals surface area (Å²) in [6.07, 6.45) is 0. The number of rotatable bonds is 4. The SMILES string of the molecule is CCOc1ccc(F)cc1[C](C)CF. The van der Waals surface area contributed by atoms with Gasteiger partial charge in [0.15, 0.2) is 0 Å². The lowest BCUT2D eigenvalue weighted by Crippen LogP contribution is -2.03. The normalized spacial score (nSPS) is 10.6. The van der Waals surface area contributed by atoms with Crippen LogP contribution in [0.1, 0.15) is 19.4 Å². The molecule has 0 saturated heterocycles. The maximum atomic E-state index is 12.9. The quantitative estimate of drug-likeness (QED) is 0.723. The van der Waals surface area contributed by atoms with Crippen molar-refractivity contribution < 1.29 is 13.5 Å². The Hall–Kier alpha value is -1.12. The highest BCUT2D eigenvalue weighted by Crippen LogP contribution is 2.27. The van der Waals surface area contributed by atoms with E-state index < -0.39 is 6.67 Å². The maximum Gasteiger partial charge on any atom is 0.123 e. The molecule has 14 heavy (non-hydrogen) atoms. The second-order valence-electron chi connectivity index (χ2n) is 2.99. The molecule has 0 aliphatic rings. The van der Waals surface area contributed by atoms with E-state index in [9.17, 15) is 8.78 Å². The molecule has 1 radical (unpaired) electrons. The summed E-state index contributed by atoms with van der Waals surface area (Å²) >= 11 is 0. The van der Waals surface area contributed by atoms with Crippen LogP contribution in [0.3, 0.4) is 0 Å². The molecule has 0 unspecified atom stereocenters. The fourth-order valence-corrected chi connectivity index (χ4v) is 1.19. The molecule has 0 bridgehead atoms. The highest BCUT2D eigenvalue weighted by atomic mass is 19.1. The molecule has 0 amide bonds. The lowest BCUT2D eigenvalue weighted by Gasteiger charge is -2.13. The number of halogens is 2. The van der Waals surface area contributed by atoms with Crippen molar-refractivity contribution in [2.24, 2.45) is 0 Å². The van der Waals surface area contributed by atoms with Gasteiger partial charge in [0.25, 0.3) is 0 Å². The molecule has 0 aliphatic heterocycles. The molecule has 3 heteroatoms. The van der Waals surface area contributed by atoms with Crippen LogP contribution in [-0.4, -0.2) is 13.3 Å². The Bertz CT molecular complexity index is 299. The first-order chi connectivity index (χ1) is 6.69. The van der Waals surface area contributed by atoms with Gasteiger partial charge in [-0.3, -0.25) is 4.39 Å². The monoisotopic (exact) mass is 199 g/mol. The van der Waals surface area contributed by atoms with Crippen LogP contribution in [0.5, 0.6) is 5.75 Å². The fourth-order valence-electron chi connectivity index (χ4n) is 1.19. The zero-order valence-electron chi connectivity index (χ0n) is 8.31. The summed E-state index contributed by atoms with van der Waals surface area (Å²) in [4.78, 5) is 0. The van der Waals surface area contributed by atoms with Crippen molar-refractivity contribution in [2.45, 2.75) is 13.8 Å². The molecular formula is C11H13F2O. The Morgan fingerprint density at radius 1 is 1.43 bits per heavy atom. The second-order valence-corrected chi connectivity index (χ2v) is 2.99. The minimum absolute atomic E-state index is 0.378. The third-order valence-corrected chi connectivity index (χ3v) is 1.90. The first kappa shape index (κ1) is 11.0. The van der Waals surface area contributed by atoms with Gasteiger partial charge in [-0.1, -0.05) is 6.92 Å². The van der Waals surface area contributed by atoms with E-state index in [2.05, 4.69) is 0 Å². The molecule has 0 N–H and O–H groups in total. The van der Waals surface area contributed by atoms with Crippen LogP contribution in [0.4, 0.5) is 8.78 Å². The molecule has 1 aromatic rings. The number of benzene rings is 1. The third-order valence-electron chi connectivity index (χ3n) is 1.90. The molecule has 0 aliphatic carbocycles. The maximum absolute atomic E-state index is 12.9. The summed E-state index contributed by atoms with van der Waals surface area (Å²) in [6, 6.07) is 4.12. The van der Waals surface area contributed by atoms with Crippen molar-refractivity contribution in [1.82, 2.24) is 0 Å². The molecule has 0 atom stereocenters. The Labute approximate surface area is 82.7 Å². The van der Waals surface area contributed by atoms with Crippen molar-refractivity contribution in [3.63, 3.8) is 0 Å². The van der Waals surface area contributed by atoms with Gasteiger partial charge in [0.2, 0.25) is 0 Å². The number of hydrogen-bond acceptors (Lipinski definition) is 1. The molecule has 0 fully saturated rings. The van der Waals surface area contributed by atoms with Gasteiger partial charge >= 0.3 is 0 Å². The van der Waals surface area contributed by atoms with Gasteiger partial charge in [-0.05, 0) is 25.1 Å². The smallest absolute Gasteiger partial charge is 0.123 e. The van der Waals surface area contributed by atoms with Crippen LogP contribution >= 0.6 is 0 Å². The minimum Gasteiger partial charge on any atom is -0.494 e. The molecule has 0 aromatic heterocycles. The van der Waals surface area contributed by atoms with E-state index in [1.165, 1.54) is 18.2 Å². The number of hydrogen-bond donors (Lipinski definition) is 0. The Balaban J connectivity index is 3.02. The highest BCUT2D eigenvalue weighted by molar-refractivity contribution is 5.43. The summed E-state index contributed by atoms with van der Waals surface area (Å²) in [5.41, 5.74) is 0.509. The average Bonchev–Trinajstić information content (AvgIpc) is 2.20. The molecule has 1 rings (SSSR count). The zero-order chi connectivity index (χ0) is 10.6. The lowest BCUT2D eigenvalue weighted by molar-refractivity contribution is 0.335. The minimum atomic E-state index is -0.594. The van der Waals surface area contributed by atoms with E-state index in [0.29, 0.717) is 23.8 Å². The largest absolute Gasteiger partial charge is 0.494 e. The highest BCUT2D eigenvalue weighted by Gasteiger charge is 2.12. The summed E-state index contributed by atoms with van der Waals surface area (Å²) < 4.78 is 30.6. The van der Waals surface area contributed by atoms with Crippen LogP contribution < -0.4 is 4.74 Å². The van der Waals surface area contributed by atoms with E-state index >= 15 is 0 Å². The molecule has 0 heterocycles. The van der Waals surface area contributed by atoms with Crippen molar-refractivity contribution >= 4 is 0 Å². The molecule has 77 valence electrons. The van der Waals surface area contributed by atoms with E-state index in [0.717, 1.165) is 0 Å². The van der Waals surface area contributed by atoms with Crippen LogP contribution in [-0.2, 0) is 0 Å². The van der Waals surface area contributed by atoms with Crippen molar-refractivity contribution in [3.8, 4) is 5.75 Å². The predicted molar refractivity (Wildman–Crippen MR) is 51.6 cm³/mol. The molecule has 1 aromatic carbocycles. The third kappa shape index (κ3) is 2.44. The van der Waals surface area contributed by atoms with Crippen LogP contribution in [0, 0.1) is 11.7 Å². The van der Waals surface area contributed by atoms with Crippen molar-refractivity contribution in [2.75, 3.05) is 13.3 Å². The standard InChI is InChI=1S/C11H13F2O/c1-3-14-11-5-4-9(13)6-10(11)8(2)7-12/h4-6H,3,7H2,1-2H3. The van der Waals surface area contributed by atoms with Gasteiger partial charge in [0.1, 0.15) is 11.6 Å². The number of alkyl halides is 1. The topological polar surface area (TPSA) is 9.23 Å². The van der Waals surface area contributed by atoms with Crippen molar-refractivity contribution in [1.29, 1.82) is 0 Å². The Morgan fingerprint density at radius 2 is 2.14 bits per heavy atom. The lowest BCUT2D eigenvalue weighted by atomic mass is 10.0. The van der Waals surface area contributed by atoms with Gasteiger partial charge in [0, 0.05) is 11.5 Å². The van der Waals surface area contributed by atoms with Crippen LogP contribution in [0.2, 0.25) is 0 Å². The van der Waals surface area contributed by atoms with Crippen LogP contribution in [0.25, 0.3) is 0 Å². The van der Waals surface area contributed by atoms with Crippen LogP contribution in [0.15, 0.2) is 18.2 Å². The van der Waals surface area contributed by atoms with Gasteiger partial charge in [-0.2, -0.15) is 0 Å². The summed E-state index contributed by atoms with van der Waals surface area (Å²) in [7, 11) is 0.